The summed E-state index contributed by atoms with van der Waals surface area (Å²) in [6.45, 7) is 4.59. The molecule has 3 nitrogen and oxygen atoms in total. The summed E-state index contributed by atoms with van der Waals surface area (Å²) in [6, 6.07) is 3.99. The predicted octanol–water partition coefficient (Wildman–Crippen LogP) is 3.57. The molecule has 0 spiro atoms. The normalized spacial score (nSPS) is 26.8. The summed E-state index contributed by atoms with van der Waals surface area (Å²) in [4.78, 5) is 2.43. The van der Waals surface area contributed by atoms with Crippen LogP contribution in [0.4, 0.5) is 0 Å². The molecule has 3 rings (SSSR count). The Morgan fingerprint density at radius 2 is 1.95 bits per heavy atom. The van der Waals surface area contributed by atoms with Gasteiger partial charge < -0.3 is 9.84 Å². The van der Waals surface area contributed by atoms with Crippen LogP contribution in [0.15, 0.2) is 12.1 Å². The number of hydrogen-bond donors (Lipinski definition) is 1. The number of likely N-dealkylation sites (tertiary alicyclic amines) is 1. The van der Waals surface area contributed by atoms with Gasteiger partial charge in [0.15, 0.2) is 0 Å². The minimum atomic E-state index is -0.473. The second kappa shape index (κ2) is 6.55. The summed E-state index contributed by atoms with van der Waals surface area (Å²) in [7, 11) is 0. The number of nitrogens with zero attached hydrogens (tertiary/aromatic N) is 1. The van der Waals surface area contributed by atoms with Gasteiger partial charge >= 0.3 is 0 Å². The molecule has 0 amide bonds. The molecule has 21 heavy (non-hydrogen) atoms. The average molecular weight is 310 g/mol. The van der Waals surface area contributed by atoms with Crippen LogP contribution >= 0.6 is 11.6 Å². The molecule has 4 heteroatoms. The third-order valence-corrected chi connectivity index (χ3v) is 4.87. The van der Waals surface area contributed by atoms with E-state index < -0.39 is 6.10 Å². The van der Waals surface area contributed by atoms with Crippen molar-refractivity contribution in [1.29, 1.82) is 0 Å². The molecule has 0 bridgehead atoms. The minimum Gasteiger partial charge on any atom is -0.490 e. The highest BCUT2D eigenvalue weighted by molar-refractivity contribution is 6.30. The molecule has 2 unspecified atom stereocenters. The van der Waals surface area contributed by atoms with Gasteiger partial charge in [0.2, 0.25) is 0 Å². The van der Waals surface area contributed by atoms with Crippen molar-refractivity contribution in [1.82, 2.24) is 4.90 Å². The number of benzene rings is 1. The quantitative estimate of drug-likeness (QED) is 0.906. The second-order valence-corrected chi connectivity index (χ2v) is 6.55. The van der Waals surface area contributed by atoms with Crippen molar-refractivity contribution in [2.45, 2.75) is 51.2 Å². The Balaban J connectivity index is 1.99. The molecule has 0 saturated carbocycles. The summed E-state index contributed by atoms with van der Waals surface area (Å²) >= 11 is 6.29. The molecular formula is C17H24ClNO2. The Morgan fingerprint density at radius 3 is 2.62 bits per heavy atom. The van der Waals surface area contributed by atoms with E-state index >= 15 is 0 Å². The number of halogens is 1. The lowest BCUT2D eigenvalue weighted by Gasteiger charge is -2.39. The first-order chi connectivity index (χ1) is 10.2. The lowest BCUT2D eigenvalue weighted by atomic mass is 9.93. The summed E-state index contributed by atoms with van der Waals surface area (Å²) < 4.78 is 5.83. The van der Waals surface area contributed by atoms with Crippen molar-refractivity contribution >= 4 is 11.6 Å². The number of ether oxygens (including phenoxy) is 1. The highest BCUT2D eigenvalue weighted by atomic mass is 35.5. The van der Waals surface area contributed by atoms with Crippen molar-refractivity contribution in [3.05, 3.63) is 28.3 Å². The molecule has 1 fully saturated rings. The van der Waals surface area contributed by atoms with Gasteiger partial charge in [-0.2, -0.15) is 0 Å². The molecule has 2 aliphatic rings. The standard InChI is InChI=1S/C17H24ClNO2/c1-2-12-9-13(18)10-14-16(15(20)11-21-17(12)14)19-7-5-3-4-6-8-19/h9-10,15-16,20H,2-8,11H2,1H3. The van der Waals surface area contributed by atoms with Gasteiger partial charge in [-0.1, -0.05) is 31.4 Å². The lowest BCUT2D eigenvalue weighted by molar-refractivity contribution is 0.000715. The van der Waals surface area contributed by atoms with Crippen molar-refractivity contribution in [2.75, 3.05) is 19.7 Å². The van der Waals surface area contributed by atoms with Crippen LogP contribution in [0.25, 0.3) is 0 Å². The van der Waals surface area contributed by atoms with Crippen LogP contribution in [-0.4, -0.2) is 35.8 Å². The first-order valence-corrected chi connectivity index (χ1v) is 8.45. The highest BCUT2D eigenvalue weighted by Crippen LogP contribution is 2.41. The Hall–Kier alpha value is -0.770. The molecule has 1 saturated heterocycles. The van der Waals surface area contributed by atoms with Crippen LogP contribution < -0.4 is 4.74 Å². The molecule has 1 N–H and O–H groups in total. The summed E-state index contributed by atoms with van der Waals surface area (Å²) in [5.41, 5.74) is 2.21. The maximum Gasteiger partial charge on any atom is 0.127 e. The SMILES string of the molecule is CCc1cc(Cl)cc2c1OCC(O)C2N1CCCCCC1. The first-order valence-electron chi connectivity index (χ1n) is 8.08. The molecule has 0 aromatic heterocycles. The molecule has 2 aliphatic heterocycles. The highest BCUT2D eigenvalue weighted by Gasteiger charge is 2.35. The van der Waals surface area contributed by atoms with Crippen molar-refractivity contribution in [3.8, 4) is 5.75 Å². The van der Waals surface area contributed by atoms with E-state index in [-0.39, 0.29) is 6.04 Å². The molecule has 1 aromatic rings. The van der Waals surface area contributed by atoms with Gasteiger partial charge in [0.25, 0.3) is 0 Å². The first kappa shape index (κ1) is 15.1. The Labute approximate surface area is 131 Å². The number of aryl methyl sites for hydroxylation is 1. The number of aliphatic hydroxyl groups excluding tert-OH is 1. The third-order valence-electron chi connectivity index (χ3n) is 4.66. The Morgan fingerprint density at radius 1 is 1.24 bits per heavy atom. The predicted molar refractivity (Wildman–Crippen MR) is 85.1 cm³/mol. The average Bonchev–Trinajstić information content (AvgIpc) is 2.75. The van der Waals surface area contributed by atoms with E-state index in [2.05, 4.69) is 11.8 Å². The summed E-state index contributed by atoms with van der Waals surface area (Å²) in [6.07, 6.45) is 5.42. The Bertz CT molecular complexity index is 498. The number of fused-ring (bicyclic) bond motifs is 1. The van der Waals surface area contributed by atoms with Crippen LogP contribution in [0.3, 0.4) is 0 Å². The molecule has 116 valence electrons. The molecular weight excluding hydrogens is 286 g/mol. The van der Waals surface area contributed by atoms with Crippen molar-refractivity contribution in [2.24, 2.45) is 0 Å². The van der Waals surface area contributed by atoms with Crippen molar-refractivity contribution in [3.63, 3.8) is 0 Å². The van der Waals surface area contributed by atoms with E-state index in [9.17, 15) is 5.11 Å². The van der Waals surface area contributed by atoms with Crippen LogP contribution in [-0.2, 0) is 6.42 Å². The van der Waals surface area contributed by atoms with Gasteiger partial charge in [0, 0.05) is 10.6 Å². The fourth-order valence-corrected chi connectivity index (χ4v) is 3.86. The van der Waals surface area contributed by atoms with Crippen LogP contribution in [0, 0.1) is 0 Å². The molecule has 0 radical (unpaired) electrons. The second-order valence-electron chi connectivity index (χ2n) is 6.11. The van der Waals surface area contributed by atoms with E-state index in [1.807, 2.05) is 12.1 Å². The van der Waals surface area contributed by atoms with E-state index in [0.717, 1.165) is 41.4 Å². The summed E-state index contributed by atoms with van der Waals surface area (Å²) in [5, 5.41) is 11.2. The zero-order valence-electron chi connectivity index (χ0n) is 12.6. The van der Waals surface area contributed by atoms with Gasteiger partial charge in [-0.05, 0) is 50.0 Å². The molecule has 0 aliphatic carbocycles. The van der Waals surface area contributed by atoms with E-state index in [4.69, 9.17) is 16.3 Å². The third kappa shape index (κ3) is 3.05. The van der Waals surface area contributed by atoms with Crippen molar-refractivity contribution < 1.29 is 9.84 Å². The molecule has 2 atom stereocenters. The molecule has 1 aromatic carbocycles. The van der Waals surface area contributed by atoms with E-state index in [0.29, 0.717) is 6.61 Å². The van der Waals surface area contributed by atoms with Crippen LogP contribution in [0.5, 0.6) is 5.75 Å². The van der Waals surface area contributed by atoms with Gasteiger partial charge in [0.1, 0.15) is 18.5 Å². The zero-order chi connectivity index (χ0) is 14.8. The number of hydrogen-bond acceptors (Lipinski definition) is 3. The summed E-state index contributed by atoms with van der Waals surface area (Å²) in [5.74, 6) is 0.946. The maximum absolute atomic E-state index is 10.5. The smallest absolute Gasteiger partial charge is 0.127 e. The monoisotopic (exact) mass is 309 g/mol. The lowest BCUT2D eigenvalue weighted by Crippen LogP contribution is -2.42. The largest absolute Gasteiger partial charge is 0.490 e. The van der Waals surface area contributed by atoms with Crippen LogP contribution in [0.2, 0.25) is 5.02 Å². The minimum absolute atomic E-state index is 0.0239. The van der Waals surface area contributed by atoms with Gasteiger partial charge in [-0.15, -0.1) is 0 Å². The number of aliphatic hydroxyl groups is 1. The Kier molecular flexibility index (Phi) is 4.72. The van der Waals surface area contributed by atoms with E-state index in [1.165, 1.54) is 25.7 Å². The zero-order valence-corrected chi connectivity index (χ0v) is 13.4. The maximum atomic E-state index is 10.5. The van der Waals surface area contributed by atoms with Crippen LogP contribution in [0.1, 0.15) is 49.8 Å². The van der Waals surface area contributed by atoms with E-state index in [1.54, 1.807) is 0 Å². The fraction of sp³-hybridized carbons (Fsp3) is 0.647. The number of rotatable bonds is 2. The van der Waals surface area contributed by atoms with Gasteiger partial charge in [-0.3, -0.25) is 4.90 Å². The van der Waals surface area contributed by atoms with Gasteiger partial charge in [0.05, 0.1) is 6.04 Å². The molecule has 2 heterocycles. The van der Waals surface area contributed by atoms with Gasteiger partial charge in [-0.25, -0.2) is 0 Å². The topological polar surface area (TPSA) is 32.7 Å². The fourth-order valence-electron chi connectivity index (χ4n) is 3.61.